The lowest BCUT2D eigenvalue weighted by Gasteiger charge is -2.62. The van der Waals surface area contributed by atoms with Gasteiger partial charge in [-0.3, -0.25) is 14.4 Å². The van der Waals surface area contributed by atoms with Gasteiger partial charge in [0.15, 0.2) is 16.6 Å². The lowest BCUT2D eigenvalue weighted by atomic mass is 9.45. The number of rotatable bonds is 18. The first-order chi connectivity index (χ1) is 23.3. The van der Waals surface area contributed by atoms with Crippen LogP contribution in [0.25, 0.3) is 0 Å². The molecule has 0 aromatic heterocycles. The first-order valence-corrected chi connectivity index (χ1v) is 21.3. The Kier molecular flexibility index (Phi) is 14.6. The Bertz CT molecular complexity index is 1270. The van der Waals surface area contributed by atoms with E-state index in [0.717, 1.165) is 43.9 Å². The minimum absolute atomic E-state index is 0.0220. The summed E-state index contributed by atoms with van der Waals surface area (Å²) in [6.07, 6.45) is 20.7. The van der Waals surface area contributed by atoms with E-state index in [0.29, 0.717) is 10.2 Å². The van der Waals surface area contributed by atoms with Crippen LogP contribution in [0.1, 0.15) is 137 Å². The fraction of sp³-hybridized carbons (Fsp3) is 0.775. The fourth-order valence-corrected chi connectivity index (χ4v) is 11.7. The number of halogens is 3. The van der Waals surface area contributed by atoms with Gasteiger partial charge >= 0.3 is 5.97 Å². The lowest BCUT2D eigenvalue weighted by Crippen LogP contribution is -2.68. The maximum absolute atomic E-state index is 17.6. The zero-order valence-electron chi connectivity index (χ0n) is 30.1. The molecule has 0 aliphatic heterocycles. The summed E-state index contributed by atoms with van der Waals surface area (Å²) in [5.41, 5.74) is -5.78. The zero-order valence-corrected chi connectivity index (χ0v) is 33.1. The molecule has 5 nitrogen and oxygen atoms in total. The van der Waals surface area contributed by atoms with E-state index in [1.807, 2.05) is 6.92 Å². The minimum atomic E-state index is -2.24. The van der Waals surface area contributed by atoms with Crippen LogP contribution in [-0.2, 0) is 19.1 Å². The van der Waals surface area contributed by atoms with E-state index in [-0.39, 0.29) is 48.1 Å². The van der Waals surface area contributed by atoms with Crippen molar-refractivity contribution in [2.45, 2.75) is 160 Å². The number of thioether (sulfide) groups is 1. The van der Waals surface area contributed by atoms with Crippen LogP contribution in [0, 0.1) is 28.6 Å². The van der Waals surface area contributed by atoms with Crippen molar-refractivity contribution in [2.24, 2.45) is 28.6 Å². The molecule has 0 aromatic rings. The van der Waals surface area contributed by atoms with Gasteiger partial charge in [0.25, 0.3) is 0 Å². The Morgan fingerprint density at radius 1 is 0.980 bits per heavy atom. The van der Waals surface area contributed by atoms with Crippen molar-refractivity contribution in [1.29, 1.82) is 0 Å². The topological polar surface area (TPSA) is 80.7 Å². The summed E-state index contributed by atoms with van der Waals surface area (Å²) >= 11 is 3.26. The van der Waals surface area contributed by atoms with Crippen LogP contribution < -0.4 is 0 Å². The Balaban J connectivity index is 1.34. The van der Waals surface area contributed by atoms with Crippen molar-refractivity contribution in [3.05, 3.63) is 36.0 Å². The van der Waals surface area contributed by atoms with Gasteiger partial charge in [0.1, 0.15) is 11.8 Å². The van der Waals surface area contributed by atoms with Gasteiger partial charge < -0.3 is 9.84 Å². The highest BCUT2D eigenvalue weighted by atomic mass is 127. The van der Waals surface area contributed by atoms with Crippen molar-refractivity contribution in [2.75, 3.05) is 3.76 Å². The van der Waals surface area contributed by atoms with Crippen LogP contribution in [0.15, 0.2) is 36.0 Å². The Morgan fingerprint density at radius 2 is 1.59 bits per heavy atom. The fourth-order valence-electron chi connectivity index (χ4n) is 9.96. The van der Waals surface area contributed by atoms with Gasteiger partial charge in [0.2, 0.25) is 0 Å². The predicted octanol–water partition coefficient (Wildman–Crippen LogP) is 10.5. The van der Waals surface area contributed by atoms with Crippen LogP contribution in [0.3, 0.4) is 0 Å². The molecule has 3 saturated carbocycles. The summed E-state index contributed by atoms with van der Waals surface area (Å²) in [6, 6.07) is 0. The number of ketones is 1. The number of fused-ring (bicyclic) bond motifs is 5. The molecule has 0 amide bonds. The van der Waals surface area contributed by atoms with Gasteiger partial charge in [-0.1, -0.05) is 118 Å². The molecule has 9 atom stereocenters. The molecule has 0 unspecified atom stereocenters. The molecule has 0 bridgehead atoms. The van der Waals surface area contributed by atoms with Gasteiger partial charge in [-0.15, -0.1) is 0 Å². The lowest BCUT2D eigenvalue weighted by molar-refractivity contribution is -0.201. The van der Waals surface area contributed by atoms with E-state index in [1.54, 1.807) is 13.8 Å². The smallest absolute Gasteiger partial charge is 0.306 e. The van der Waals surface area contributed by atoms with Gasteiger partial charge in [-0.05, 0) is 94.3 Å². The molecule has 0 heterocycles. The highest BCUT2D eigenvalue weighted by molar-refractivity contribution is 14.1. The number of ether oxygens (including phenoxy) is 1. The molecule has 0 saturated heterocycles. The molecule has 9 heteroatoms. The van der Waals surface area contributed by atoms with Gasteiger partial charge in [0, 0.05) is 17.8 Å². The molecule has 49 heavy (non-hydrogen) atoms. The number of aliphatic hydroxyl groups is 1. The number of carbonyl (C=O) groups is 3. The summed E-state index contributed by atoms with van der Waals surface area (Å²) in [5.74, 6) is -2.97. The third-order valence-corrected chi connectivity index (χ3v) is 13.9. The molecule has 0 radical (unpaired) electrons. The maximum Gasteiger partial charge on any atom is 0.306 e. The quantitative estimate of drug-likeness (QED) is 0.0488. The average molecular weight is 817 g/mol. The number of allylic oxidation sites excluding steroid dienone is 6. The molecule has 0 aromatic carbocycles. The van der Waals surface area contributed by atoms with Crippen LogP contribution in [-0.4, -0.2) is 49.3 Å². The summed E-state index contributed by atoms with van der Waals surface area (Å²) in [6.45, 7) is 7.48. The first kappa shape index (κ1) is 40.7. The first-order valence-electron chi connectivity index (χ1n) is 18.8. The van der Waals surface area contributed by atoms with Crippen molar-refractivity contribution < 1.29 is 33.0 Å². The molecule has 276 valence electrons. The normalized spacial score (nSPS) is 36.7. The molecule has 1 N–H and O–H groups in total. The maximum atomic E-state index is 17.6. The third-order valence-electron chi connectivity index (χ3n) is 12.4. The van der Waals surface area contributed by atoms with Crippen molar-refractivity contribution in [3.8, 4) is 0 Å². The van der Waals surface area contributed by atoms with Crippen LogP contribution in [0.4, 0.5) is 8.78 Å². The third kappa shape index (κ3) is 8.60. The molecule has 0 spiro atoms. The molecule has 4 rings (SSSR count). The zero-order chi connectivity index (χ0) is 35.9. The van der Waals surface area contributed by atoms with Gasteiger partial charge in [-0.2, -0.15) is 0 Å². The summed E-state index contributed by atoms with van der Waals surface area (Å²) in [7, 11) is 0. The molecular formula is C40H59F2IO5S. The van der Waals surface area contributed by atoms with E-state index in [9.17, 15) is 19.5 Å². The minimum Gasteiger partial charge on any atom is -0.459 e. The number of carbonyl (C=O) groups excluding carboxylic acids is 3. The van der Waals surface area contributed by atoms with Crippen molar-refractivity contribution in [1.82, 2.24) is 0 Å². The number of unbranched alkanes of at least 4 members (excludes halogenated alkanes) is 11. The van der Waals surface area contributed by atoms with Gasteiger partial charge in [-0.25, -0.2) is 8.78 Å². The average Bonchev–Trinajstić information content (AvgIpc) is 3.27. The standard InChI is InChI=1S/C40H59F2IO5S/c1-5-6-7-8-9-10-11-12-13-14-15-16-17-18-19-20-34(46)48-39(4)25-31-29-24-32(41)30-23-28(44)21-22-38(30,3)40(29,42)33(45)26-37(31,2)35(39)36(47)49-27-43/h12-13,21-23,29,31-33,35,45H,5-11,14-20,24-27H2,1-4H3/b13-12+/t29-,31-,32-,33-,35+,37-,38-,39+,40-/m0/s1. The van der Waals surface area contributed by atoms with E-state index in [2.05, 4.69) is 41.7 Å². The van der Waals surface area contributed by atoms with E-state index in [1.165, 1.54) is 63.2 Å². The number of esters is 1. The second-order valence-corrected chi connectivity index (χ2v) is 18.6. The summed E-state index contributed by atoms with van der Waals surface area (Å²) < 4.78 is 40.2. The monoisotopic (exact) mass is 816 g/mol. The van der Waals surface area contributed by atoms with E-state index < -0.39 is 52.1 Å². The van der Waals surface area contributed by atoms with Crippen LogP contribution in [0.5, 0.6) is 0 Å². The molecular weight excluding hydrogens is 757 g/mol. The summed E-state index contributed by atoms with van der Waals surface area (Å²) in [4.78, 5) is 39.3. The van der Waals surface area contributed by atoms with Crippen LogP contribution in [0.2, 0.25) is 0 Å². The predicted molar refractivity (Wildman–Crippen MR) is 203 cm³/mol. The Hall–Kier alpha value is -1.07. The van der Waals surface area contributed by atoms with E-state index >= 15 is 8.78 Å². The second-order valence-electron chi connectivity index (χ2n) is 15.8. The molecule has 4 aliphatic rings. The highest BCUT2D eigenvalue weighted by Gasteiger charge is 2.75. The van der Waals surface area contributed by atoms with E-state index in [4.69, 9.17) is 4.74 Å². The Morgan fingerprint density at radius 3 is 2.22 bits per heavy atom. The molecule has 4 aliphatic carbocycles. The Labute approximate surface area is 311 Å². The van der Waals surface area contributed by atoms with Crippen molar-refractivity contribution >= 4 is 51.2 Å². The van der Waals surface area contributed by atoms with Crippen LogP contribution >= 0.6 is 34.4 Å². The number of hydrogen-bond acceptors (Lipinski definition) is 6. The second kappa shape index (κ2) is 17.6. The SMILES string of the molecule is CCCCCCCC/C=C/CCCCCCCC(=O)O[C@]1(C)C[C@H]2[C@@H]3C[C@H](F)C4=CC(=O)C=C[C@]4(C)[C@@]3(F)[C@@H](O)C[C@]2(C)[C@H]1C(=O)SCI. The number of alkyl halides is 3. The number of aliphatic hydroxyl groups excluding tert-OH is 1. The molecule has 3 fully saturated rings. The van der Waals surface area contributed by atoms with Crippen molar-refractivity contribution in [3.63, 3.8) is 0 Å². The van der Waals surface area contributed by atoms with Gasteiger partial charge in [0.05, 0.1) is 15.8 Å². The largest absolute Gasteiger partial charge is 0.459 e. The summed E-state index contributed by atoms with van der Waals surface area (Å²) in [5, 5.41) is 11.5. The number of hydrogen-bond donors (Lipinski definition) is 1. The highest BCUT2D eigenvalue weighted by Crippen LogP contribution is 2.71.